The standard InChI is InChI=1S/C7H8O2.C6H6O2/c1-9-7-4-2-3-6(8)5-7;7-5-2-1-3-6(8)4-5/h2-5,8H,1H3;1-4,7-8H. The van der Waals surface area contributed by atoms with Gasteiger partial charge in [-0.1, -0.05) is 12.1 Å². The molecule has 0 bridgehead atoms. The fourth-order valence-corrected chi connectivity index (χ4v) is 1.10. The Morgan fingerprint density at radius 3 is 1.53 bits per heavy atom. The quantitative estimate of drug-likeness (QED) is 0.709. The van der Waals surface area contributed by atoms with Crippen LogP contribution in [0.5, 0.6) is 23.0 Å². The summed E-state index contributed by atoms with van der Waals surface area (Å²) < 4.78 is 4.84. The van der Waals surface area contributed by atoms with Crippen molar-refractivity contribution in [1.82, 2.24) is 0 Å². The summed E-state index contributed by atoms with van der Waals surface area (Å²) in [5, 5.41) is 26.2. The Hall–Kier alpha value is -2.36. The fourth-order valence-electron chi connectivity index (χ4n) is 1.10. The van der Waals surface area contributed by atoms with Crippen LogP contribution in [0.25, 0.3) is 0 Å². The van der Waals surface area contributed by atoms with Crippen molar-refractivity contribution in [3.05, 3.63) is 48.5 Å². The van der Waals surface area contributed by atoms with E-state index in [0.29, 0.717) is 5.75 Å². The number of phenols is 3. The van der Waals surface area contributed by atoms with Crippen LogP contribution in [0.4, 0.5) is 0 Å². The van der Waals surface area contributed by atoms with E-state index in [1.54, 1.807) is 37.4 Å². The van der Waals surface area contributed by atoms with Crippen molar-refractivity contribution in [1.29, 1.82) is 0 Å². The molecule has 0 fully saturated rings. The Morgan fingerprint density at radius 2 is 1.24 bits per heavy atom. The van der Waals surface area contributed by atoms with E-state index in [2.05, 4.69) is 0 Å². The van der Waals surface area contributed by atoms with Crippen molar-refractivity contribution in [2.75, 3.05) is 7.11 Å². The number of benzene rings is 2. The first-order chi connectivity index (χ1) is 8.11. The summed E-state index contributed by atoms with van der Waals surface area (Å²) in [6.45, 7) is 0. The van der Waals surface area contributed by atoms with Crippen molar-refractivity contribution in [3.63, 3.8) is 0 Å². The van der Waals surface area contributed by atoms with Crippen LogP contribution in [0.3, 0.4) is 0 Å². The smallest absolute Gasteiger partial charge is 0.122 e. The summed E-state index contributed by atoms with van der Waals surface area (Å²) in [4.78, 5) is 0. The molecule has 0 spiro atoms. The number of methoxy groups -OCH3 is 1. The number of rotatable bonds is 1. The van der Waals surface area contributed by atoms with E-state index in [0.717, 1.165) is 0 Å². The minimum absolute atomic E-state index is 0.0880. The predicted molar refractivity (Wildman–Crippen MR) is 64.4 cm³/mol. The molecule has 4 nitrogen and oxygen atoms in total. The van der Waals surface area contributed by atoms with Gasteiger partial charge in [0.2, 0.25) is 0 Å². The highest BCUT2D eigenvalue weighted by Crippen LogP contribution is 2.16. The van der Waals surface area contributed by atoms with Crippen LogP contribution in [-0.4, -0.2) is 22.4 Å². The maximum absolute atomic E-state index is 8.86. The van der Waals surface area contributed by atoms with E-state index in [1.807, 2.05) is 0 Å². The van der Waals surface area contributed by atoms with Gasteiger partial charge in [0.1, 0.15) is 23.0 Å². The normalized spacial score (nSPS) is 9.00. The van der Waals surface area contributed by atoms with Gasteiger partial charge in [0.15, 0.2) is 0 Å². The number of aromatic hydroxyl groups is 3. The molecule has 0 aliphatic carbocycles. The molecule has 2 rings (SSSR count). The molecule has 0 aliphatic heterocycles. The third-order valence-corrected chi connectivity index (χ3v) is 1.88. The molecule has 0 heterocycles. The summed E-state index contributed by atoms with van der Waals surface area (Å²) in [7, 11) is 1.56. The van der Waals surface area contributed by atoms with Crippen molar-refractivity contribution in [2.24, 2.45) is 0 Å². The highest BCUT2D eigenvalue weighted by molar-refractivity contribution is 5.31. The Labute approximate surface area is 99.4 Å². The first-order valence-electron chi connectivity index (χ1n) is 4.93. The Balaban J connectivity index is 0.000000171. The van der Waals surface area contributed by atoms with E-state index in [-0.39, 0.29) is 17.2 Å². The van der Waals surface area contributed by atoms with Crippen LogP contribution < -0.4 is 4.74 Å². The molecule has 3 N–H and O–H groups in total. The molecule has 90 valence electrons. The van der Waals surface area contributed by atoms with Crippen LogP contribution in [0.2, 0.25) is 0 Å². The molecule has 0 radical (unpaired) electrons. The maximum Gasteiger partial charge on any atom is 0.122 e. The van der Waals surface area contributed by atoms with Crippen LogP contribution in [0.1, 0.15) is 0 Å². The van der Waals surface area contributed by atoms with Gasteiger partial charge < -0.3 is 20.1 Å². The van der Waals surface area contributed by atoms with Crippen molar-refractivity contribution < 1.29 is 20.1 Å². The lowest BCUT2D eigenvalue weighted by Crippen LogP contribution is -1.79. The van der Waals surface area contributed by atoms with E-state index in [9.17, 15) is 0 Å². The van der Waals surface area contributed by atoms with Gasteiger partial charge in [0.25, 0.3) is 0 Å². The molecule has 2 aromatic carbocycles. The van der Waals surface area contributed by atoms with Crippen LogP contribution in [0.15, 0.2) is 48.5 Å². The van der Waals surface area contributed by atoms with Gasteiger partial charge in [0.05, 0.1) is 7.11 Å². The molecule has 2 aromatic rings. The van der Waals surface area contributed by atoms with Crippen LogP contribution in [-0.2, 0) is 0 Å². The number of phenolic OH excluding ortho intramolecular Hbond substituents is 3. The average molecular weight is 234 g/mol. The highest BCUT2D eigenvalue weighted by atomic mass is 16.5. The van der Waals surface area contributed by atoms with Crippen LogP contribution >= 0.6 is 0 Å². The Morgan fingerprint density at radius 1 is 0.765 bits per heavy atom. The van der Waals surface area contributed by atoms with E-state index in [4.69, 9.17) is 20.1 Å². The SMILES string of the molecule is COc1cccc(O)c1.Oc1cccc(O)c1. The third-order valence-electron chi connectivity index (χ3n) is 1.88. The van der Waals surface area contributed by atoms with E-state index >= 15 is 0 Å². The van der Waals surface area contributed by atoms with Crippen LogP contribution in [0, 0.1) is 0 Å². The van der Waals surface area contributed by atoms with Gasteiger partial charge in [-0.05, 0) is 24.3 Å². The summed E-state index contributed by atoms with van der Waals surface area (Å²) in [5.41, 5.74) is 0. The van der Waals surface area contributed by atoms with Gasteiger partial charge >= 0.3 is 0 Å². The molecule has 4 heteroatoms. The lowest BCUT2D eigenvalue weighted by atomic mass is 10.3. The van der Waals surface area contributed by atoms with Gasteiger partial charge in [-0.2, -0.15) is 0 Å². The van der Waals surface area contributed by atoms with Crippen molar-refractivity contribution in [2.45, 2.75) is 0 Å². The Bertz CT molecular complexity index is 451. The van der Waals surface area contributed by atoms with Crippen molar-refractivity contribution >= 4 is 0 Å². The lowest BCUT2D eigenvalue weighted by Gasteiger charge is -1.97. The molecule has 0 aliphatic rings. The van der Waals surface area contributed by atoms with Gasteiger partial charge in [-0.25, -0.2) is 0 Å². The molecule has 0 amide bonds. The minimum Gasteiger partial charge on any atom is -0.508 e. The van der Waals surface area contributed by atoms with Gasteiger partial charge in [-0.3, -0.25) is 0 Å². The monoisotopic (exact) mass is 234 g/mol. The zero-order valence-electron chi connectivity index (χ0n) is 9.37. The van der Waals surface area contributed by atoms with E-state index < -0.39 is 0 Å². The molecule has 17 heavy (non-hydrogen) atoms. The summed E-state index contributed by atoms with van der Waals surface area (Å²) in [6, 6.07) is 12.5. The molecular formula is C13H14O4. The zero-order chi connectivity index (χ0) is 12.7. The number of hydrogen-bond acceptors (Lipinski definition) is 4. The fraction of sp³-hybridized carbons (Fsp3) is 0.0769. The second kappa shape index (κ2) is 6.27. The molecule has 0 unspecified atom stereocenters. The number of hydrogen-bond donors (Lipinski definition) is 3. The first-order valence-corrected chi connectivity index (χ1v) is 4.93. The summed E-state index contributed by atoms with van der Waals surface area (Å²) in [6.07, 6.45) is 0. The van der Waals surface area contributed by atoms with Crippen molar-refractivity contribution in [3.8, 4) is 23.0 Å². The predicted octanol–water partition coefficient (Wildman–Crippen LogP) is 2.50. The molecule has 0 atom stereocenters. The topological polar surface area (TPSA) is 69.9 Å². The summed E-state index contributed by atoms with van der Waals surface area (Å²) >= 11 is 0. The third kappa shape index (κ3) is 4.79. The highest BCUT2D eigenvalue weighted by Gasteiger charge is 1.89. The lowest BCUT2D eigenvalue weighted by molar-refractivity contribution is 0.407. The van der Waals surface area contributed by atoms with E-state index in [1.165, 1.54) is 18.2 Å². The Kier molecular flexibility index (Phi) is 4.69. The van der Waals surface area contributed by atoms with Gasteiger partial charge in [0, 0.05) is 12.1 Å². The summed E-state index contributed by atoms with van der Waals surface area (Å²) in [5.74, 6) is 1.08. The zero-order valence-corrected chi connectivity index (χ0v) is 9.37. The molecule has 0 saturated carbocycles. The maximum atomic E-state index is 8.86. The largest absolute Gasteiger partial charge is 0.508 e. The van der Waals surface area contributed by atoms with Gasteiger partial charge in [-0.15, -0.1) is 0 Å². The minimum atomic E-state index is 0.0880. The molecule has 0 aromatic heterocycles. The second-order valence-corrected chi connectivity index (χ2v) is 3.22. The molecule has 0 saturated heterocycles. The molecular weight excluding hydrogens is 220 g/mol. The average Bonchev–Trinajstić information content (AvgIpc) is 2.29. The second-order valence-electron chi connectivity index (χ2n) is 3.22. The first kappa shape index (κ1) is 12.7. The number of ether oxygens (including phenoxy) is 1.